The van der Waals surface area contributed by atoms with Crippen LogP contribution in [0.4, 0.5) is 14.9 Å². The molecule has 0 spiro atoms. The van der Waals surface area contributed by atoms with Crippen molar-refractivity contribution in [2.24, 2.45) is 0 Å². The first-order valence-electron chi connectivity index (χ1n) is 9.32. The van der Waals surface area contributed by atoms with Gasteiger partial charge in [0.25, 0.3) is 0 Å². The minimum Gasteiger partial charge on any atom is -0.489 e. The quantitative estimate of drug-likeness (QED) is 0.766. The van der Waals surface area contributed by atoms with Gasteiger partial charge in [-0.25, -0.2) is 9.18 Å². The Bertz CT molecular complexity index is 843. The molecule has 1 aliphatic rings. The Morgan fingerprint density at radius 3 is 2.82 bits per heavy atom. The summed E-state index contributed by atoms with van der Waals surface area (Å²) in [4.78, 5) is 25.7. The van der Waals surface area contributed by atoms with Crippen LogP contribution in [0.3, 0.4) is 0 Å². The highest BCUT2D eigenvalue weighted by Crippen LogP contribution is 2.16. The Kier molecular flexibility index (Phi) is 6.47. The standard InChI is InChI=1S/C21H24FN3O3/c1-15(13-25-10-4-9-20(25)26)23-21(27)24-18-7-2-5-16(11-18)14-28-19-8-3-6-17(22)12-19/h2-3,5-8,11-12,15H,4,9-10,13-14H2,1H3,(H2,23,24,27)/t15-/m0/s1. The van der Waals surface area contributed by atoms with Crippen molar-refractivity contribution in [3.05, 3.63) is 59.9 Å². The molecule has 28 heavy (non-hydrogen) atoms. The zero-order valence-electron chi connectivity index (χ0n) is 15.8. The number of amides is 3. The van der Waals surface area contributed by atoms with Gasteiger partial charge in [-0.05, 0) is 43.2 Å². The third-order valence-corrected chi connectivity index (χ3v) is 4.43. The molecule has 1 saturated heterocycles. The van der Waals surface area contributed by atoms with Crippen LogP contribution in [0, 0.1) is 5.82 Å². The molecule has 1 aliphatic heterocycles. The summed E-state index contributed by atoms with van der Waals surface area (Å²) in [7, 11) is 0. The van der Waals surface area contributed by atoms with Crippen molar-refractivity contribution in [3.8, 4) is 5.75 Å². The van der Waals surface area contributed by atoms with E-state index < -0.39 is 0 Å². The number of halogens is 1. The maximum absolute atomic E-state index is 13.2. The van der Waals surface area contributed by atoms with Crippen molar-refractivity contribution >= 4 is 17.6 Å². The second-order valence-corrected chi connectivity index (χ2v) is 6.89. The van der Waals surface area contributed by atoms with E-state index in [0.29, 0.717) is 24.4 Å². The number of urea groups is 1. The summed E-state index contributed by atoms with van der Waals surface area (Å²) in [6, 6.07) is 12.7. The van der Waals surface area contributed by atoms with Crippen LogP contribution in [0.1, 0.15) is 25.3 Å². The molecule has 0 saturated carbocycles. The van der Waals surface area contributed by atoms with Crippen molar-refractivity contribution in [1.82, 2.24) is 10.2 Å². The fourth-order valence-corrected chi connectivity index (χ4v) is 3.13. The maximum Gasteiger partial charge on any atom is 0.319 e. The van der Waals surface area contributed by atoms with Gasteiger partial charge < -0.3 is 20.3 Å². The van der Waals surface area contributed by atoms with Crippen LogP contribution < -0.4 is 15.4 Å². The zero-order valence-corrected chi connectivity index (χ0v) is 15.8. The molecule has 2 aromatic rings. The molecule has 2 N–H and O–H groups in total. The van der Waals surface area contributed by atoms with Gasteiger partial charge in [0, 0.05) is 37.3 Å². The predicted molar refractivity (Wildman–Crippen MR) is 105 cm³/mol. The molecule has 0 aromatic heterocycles. The van der Waals surface area contributed by atoms with E-state index in [-0.39, 0.29) is 30.4 Å². The molecule has 2 aromatic carbocycles. The van der Waals surface area contributed by atoms with Crippen molar-refractivity contribution in [2.75, 3.05) is 18.4 Å². The summed E-state index contributed by atoms with van der Waals surface area (Å²) in [6.07, 6.45) is 1.46. The number of rotatable bonds is 7. The van der Waals surface area contributed by atoms with E-state index >= 15 is 0 Å². The third-order valence-electron chi connectivity index (χ3n) is 4.43. The zero-order chi connectivity index (χ0) is 19.9. The molecule has 0 unspecified atom stereocenters. The van der Waals surface area contributed by atoms with Crippen molar-refractivity contribution in [1.29, 1.82) is 0 Å². The van der Waals surface area contributed by atoms with E-state index in [9.17, 15) is 14.0 Å². The average Bonchev–Trinajstić information content (AvgIpc) is 3.05. The van der Waals surface area contributed by atoms with Gasteiger partial charge in [0.05, 0.1) is 0 Å². The number of ether oxygens (including phenoxy) is 1. The molecule has 1 fully saturated rings. The Hall–Kier alpha value is -3.09. The normalized spacial score (nSPS) is 14.6. The monoisotopic (exact) mass is 385 g/mol. The first-order chi connectivity index (χ1) is 13.5. The molecule has 0 aliphatic carbocycles. The molecular formula is C21H24FN3O3. The van der Waals surface area contributed by atoms with Crippen molar-refractivity contribution in [2.45, 2.75) is 32.4 Å². The van der Waals surface area contributed by atoms with Gasteiger partial charge in [-0.2, -0.15) is 0 Å². The summed E-state index contributed by atoms with van der Waals surface area (Å²) in [6.45, 7) is 3.39. The molecule has 7 heteroatoms. The summed E-state index contributed by atoms with van der Waals surface area (Å²) in [5.41, 5.74) is 1.47. The Morgan fingerprint density at radius 2 is 2.07 bits per heavy atom. The summed E-state index contributed by atoms with van der Waals surface area (Å²) < 4.78 is 18.8. The number of anilines is 1. The number of benzene rings is 2. The molecule has 148 valence electrons. The largest absolute Gasteiger partial charge is 0.489 e. The lowest BCUT2D eigenvalue weighted by molar-refractivity contribution is -0.127. The first kappa shape index (κ1) is 19.7. The average molecular weight is 385 g/mol. The van der Waals surface area contributed by atoms with Gasteiger partial charge in [-0.1, -0.05) is 18.2 Å². The minimum atomic E-state index is -0.352. The van der Waals surface area contributed by atoms with E-state index in [4.69, 9.17) is 4.74 Å². The van der Waals surface area contributed by atoms with Gasteiger partial charge in [-0.15, -0.1) is 0 Å². The fourth-order valence-electron chi connectivity index (χ4n) is 3.13. The summed E-state index contributed by atoms with van der Waals surface area (Å²) in [5, 5.41) is 5.63. The van der Waals surface area contributed by atoms with Crippen LogP contribution >= 0.6 is 0 Å². The second-order valence-electron chi connectivity index (χ2n) is 6.89. The SMILES string of the molecule is C[C@@H](CN1CCCC1=O)NC(=O)Nc1cccc(COc2cccc(F)c2)c1. The van der Waals surface area contributed by atoms with Gasteiger partial charge in [0.15, 0.2) is 0 Å². The van der Waals surface area contributed by atoms with Crippen LogP contribution in [0.15, 0.2) is 48.5 Å². The Balaban J connectivity index is 1.49. The number of hydrogen-bond donors (Lipinski definition) is 2. The van der Waals surface area contributed by atoms with E-state index in [1.165, 1.54) is 12.1 Å². The number of nitrogens with zero attached hydrogens (tertiary/aromatic N) is 1. The number of likely N-dealkylation sites (tertiary alicyclic amines) is 1. The molecule has 0 bridgehead atoms. The topological polar surface area (TPSA) is 70.7 Å². The lowest BCUT2D eigenvalue weighted by Gasteiger charge is -2.21. The number of nitrogens with one attached hydrogen (secondary N) is 2. The molecule has 3 rings (SSSR count). The van der Waals surface area contributed by atoms with E-state index in [2.05, 4.69) is 10.6 Å². The summed E-state index contributed by atoms with van der Waals surface area (Å²) >= 11 is 0. The smallest absolute Gasteiger partial charge is 0.319 e. The number of carbonyl (C=O) groups is 2. The lowest BCUT2D eigenvalue weighted by Crippen LogP contribution is -2.44. The lowest BCUT2D eigenvalue weighted by atomic mass is 10.2. The Labute approximate surface area is 163 Å². The van der Waals surface area contributed by atoms with Gasteiger partial charge >= 0.3 is 6.03 Å². The fraction of sp³-hybridized carbons (Fsp3) is 0.333. The maximum atomic E-state index is 13.2. The van der Waals surface area contributed by atoms with Crippen LogP contribution in [0.25, 0.3) is 0 Å². The van der Waals surface area contributed by atoms with E-state index in [1.807, 2.05) is 19.1 Å². The van der Waals surface area contributed by atoms with Crippen LogP contribution in [0.2, 0.25) is 0 Å². The van der Waals surface area contributed by atoms with E-state index in [0.717, 1.165) is 18.5 Å². The minimum absolute atomic E-state index is 0.139. The van der Waals surface area contributed by atoms with Gasteiger partial charge in [0.1, 0.15) is 18.2 Å². The van der Waals surface area contributed by atoms with Crippen LogP contribution in [0.5, 0.6) is 5.75 Å². The molecule has 3 amide bonds. The predicted octanol–water partition coefficient (Wildman–Crippen LogP) is 3.54. The number of hydrogen-bond acceptors (Lipinski definition) is 3. The molecule has 1 heterocycles. The highest BCUT2D eigenvalue weighted by atomic mass is 19.1. The Morgan fingerprint density at radius 1 is 1.25 bits per heavy atom. The van der Waals surface area contributed by atoms with E-state index in [1.54, 1.807) is 29.2 Å². The van der Waals surface area contributed by atoms with Crippen LogP contribution in [-0.4, -0.2) is 36.0 Å². The summed E-state index contributed by atoms with van der Waals surface area (Å²) in [5.74, 6) is 0.232. The molecular weight excluding hydrogens is 361 g/mol. The van der Waals surface area contributed by atoms with Gasteiger partial charge in [0.2, 0.25) is 5.91 Å². The second kappa shape index (κ2) is 9.21. The van der Waals surface area contributed by atoms with Crippen molar-refractivity contribution in [3.63, 3.8) is 0 Å². The molecule has 1 atom stereocenters. The molecule has 0 radical (unpaired) electrons. The van der Waals surface area contributed by atoms with Crippen molar-refractivity contribution < 1.29 is 18.7 Å². The first-order valence-corrected chi connectivity index (χ1v) is 9.32. The van der Waals surface area contributed by atoms with Crippen LogP contribution in [-0.2, 0) is 11.4 Å². The number of carbonyl (C=O) groups excluding carboxylic acids is 2. The van der Waals surface area contributed by atoms with Gasteiger partial charge in [-0.3, -0.25) is 4.79 Å². The highest BCUT2D eigenvalue weighted by Gasteiger charge is 2.22. The third kappa shape index (κ3) is 5.70. The highest BCUT2D eigenvalue weighted by molar-refractivity contribution is 5.89. The molecule has 6 nitrogen and oxygen atoms in total.